The van der Waals surface area contributed by atoms with Gasteiger partial charge in [-0.25, -0.2) is 0 Å². The lowest BCUT2D eigenvalue weighted by molar-refractivity contribution is 0.174. The van der Waals surface area contributed by atoms with Crippen LogP contribution in [0.5, 0.6) is 17.2 Å². The molecule has 0 fully saturated rings. The van der Waals surface area contributed by atoms with Gasteiger partial charge >= 0.3 is 0 Å². The zero-order valence-corrected chi connectivity index (χ0v) is 12.1. The summed E-state index contributed by atoms with van der Waals surface area (Å²) in [7, 11) is 0. The van der Waals surface area contributed by atoms with E-state index >= 15 is 0 Å². The van der Waals surface area contributed by atoms with Crippen molar-refractivity contribution in [2.75, 3.05) is 19.9 Å². The van der Waals surface area contributed by atoms with Crippen molar-refractivity contribution in [3.8, 4) is 17.2 Å². The molecule has 0 aromatic heterocycles. The van der Waals surface area contributed by atoms with Crippen LogP contribution < -0.4 is 19.5 Å². The largest absolute Gasteiger partial charge is 0.487 e. The average molecular weight is 304 g/mol. The minimum atomic E-state index is 0.226. The predicted molar refractivity (Wildman–Crippen MR) is 75.2 cm³/mol. The summed E-state index contributed by atoms with van der Waals surface area (Å²) in [5.74, 6) is 2.13. The standard InChI is InChI=1S/C13H15Cl2NO3/c1-2-16-6-9-3-12-13(19-8-18-12)4-11(9)17-7-10(15)5-14/h3-5,16H,2,6-8H2,1H3. The van der Waals surface area contributed by atoms with Crippen molar-refractivity contribution in [2.45, 2.75) is 13.5 Å². The normalized spacial score (nSPS) is 13.7. The van der Waals surface area contributed by atoms with Crippen molar-refractivity contribution in [2.24, 2.45) is 0 Å². The molecule has 0 bridgehead atoms. The fourth-order valence-corrected chi connectivity index (χ4v) is 1.79. The Morgan fingerprint density at radius 3 is 2.84 bits per heavy atom. The van der Waals surface area contributed by atoms with E-state index in [9.17, 15) is 0 Å². The molecule has 0 atom stereocenters. The van der Waals surface area contributed by atoms with Gasteiger partial charge in [-0.1, -0.05) is 30.1 Å². The van der Waals surface area contributed by atoms with Crippen LogP contribution in [0.3, 0.4) is 0 Å². The molecule has 1 aliphatic rings. The van der Waals surface area contributed by atoms with Gasteiger partial charge in [-0.15, -0.1) is 0 Å². The molecule has 0 saturated carbocycles. The quantitative estimate of drug-likeness (QED) is 0.876. The van der Waals surface area contributed by atoms with Crippen LogP contribution in [0, 0.1) is 0 Å². The van der Waals surface area contributed by atoms with Crippen molar-refractivity contribution in [1.29, 1.82) is 0 Å². The molecule has 0 radical (unpaired) electrons. The van der Waals surface area contributed by atoms with Gasteiger partial charge in [0.15, 0.2) is 11.5 Å². The Morgan fingerprint density at radius 1 is 1.42 bits per heavy atom. The Balaban J connectivity index is 2.18. The highest BCUT2D eigenvalue weighted by Crippen LogP contribution is 2.38. The monoisotopic (exact) mass is 303 g/mol. The Hall–Kier alpha value is -1.10. The summed E-state index contributed by atoms with van der Waals surface area (Å²) in [4.78, 5) is 0. The lowest BCUT2D eigenvalue weighted by Gasteiger charge is -2.12. The van der Waals surface area contributed by atoms with E-state index in [1.807, 2.05) is 19.1 Å². The third kappa shape index (κ3) is 3.69. The van der Waals surface area contributed by atoms with Gasteiger partial charge in [0.2, 0.25) is 6.79 Å². The zero-order chi connectivity index (χ0) is 13.7. The molecule has 6 heteroatoms. The van der Waals surface area contributed by atoms with Crippen LogP contribution in [0.15, 0.2) is 22.7 Å². The van der Waals surface area contributed by atoms with Gasteiger partial charge in [0.05, 0.1) is 5.03 Å². The molecule has 1 aromatic rings. The van der Waals surface area contributed by atoms with Crippen LogP contribution in [-0.4, -0.2) is 19.9 Å². The number of halogens is 2. The Morgan fingerprint density at radius 2 is 2.16 bits per heavy atom. The van der Waals surface area contributed by atoms with E-state index in [0.29, 0.717) is 23.1 Å². The fraction of sp³-hybridized carbons (Fsp3) is 0.385. The van der Waals surface area contributed by atoms with Gasteiger partial charge in [-0.05, 0) is 12.6 Å². The number of hydrogen-bond donors (Lipinski definition) is 1. The molecule has 104 valence electrons. The molecule has 0 amide bonds. The number of fused-ring (bicyclic) bond motifs is 1. The first kappa shape index (κ1) is 14.3. The van der Waals surface area contributed by atoms with Gasteiger partial charge < -0.3 is 19.5 Å². The summed E-state index contributed by atoms with van der Waals surface area (Å²) >= 11 is 11.3. The molecule has 0 aliphatic carbocycles. The first-order valence-electron chi connectivity index (χ1n) is 5.95. The number of hydrogen-bond acceptors (Lipinski definition) is 4. The maximum absolute atomic E-state index is 5.82. The number of ether oxygens (including phenoxy) is 3. The summed E-state index contributed by atoms with van der Waals surface area (Å²) in [5, 5.41) is 3.69. The Bertz CT molecular complexity index is 477. The molecule has 1 N–H and O–H groups in total. The van der Waals surface area contributed by atoms with E-state index in [0.717, 1.165) is 17.9 Å². The average Bonchev–Trinajstić information content (AvgIpc) is 2.88. The topological polar surface area (TPSA) is 39.7 Å². The third-order valence-electron chi connectivity index (χ3n) is 2.61. The SMILES string of the molecule is CCNCc1cc2c(cc1OCC(Cl)=CCl)OCO2. The molecular weight excluding hydrogens is 289 g/mol. The van der Waals surface area contributed by atoms with Crippen LogP contribution in [-0.2, 0) is 6.54 Å². The lowest BCUT2D eigenvalue weighted by atomic mass is 10.1. The van der Waals surface area contributed by atoms with E-state index in [4.69, 9.17) is 37.4 Å². The Labute approximate surface area is 122 Å². The van der Waals surface area contributed by atoms with E-state index in [-0.39, 0.29) is 13.4 Å². The summed E-state index contributed by atoms with van der Waals surface area (Å²) in [6.07, 6.45) is 0. The van der Waals surface area contributed by atoms with Crippen LogP contribution in [0.2, 0.25) is 0 Å². The highest BCUT2D eigenvalue weighted by molar-refractivity contribution is 6.36. The molecule has 1 aromatic carbocycles. The molecule has 1 heterocycles. The molecule has 19 heavy (non-hydrogen) atoms. The van der Waals surface area contributed by atoms with Crippen LogP contribution in [0.25, 0.3) is 0 Å². The van der Waals surface area contributed by atoms with Gasteiger partial charge in [0, 0.05) is 23.7 Å². The molecule has 4 nitrogen and oxygen atoms in total. The van der Waals surface area contributed by atoms with E-state index < -0.39 is 0 Å². The second kappa shape index (κ2) is 6.89. The van der Waals surface area contributed by atoms with Gasteiger partial charge in [0.1, 0.15) is 12.4 Å². The molecule has 1 aliphatic heterocycles. The number of rotatable bonds is 6. The molecule has 2 rings (SSSR count). The van der Waals surface area contributed by atoms with E-state index in [1.165, 1.54) is 5.54 Å². The van der Waals surface area contributed by atoms with Crippen molar-refractivity contribution in [3.05, 3.63) is 28.3 Å². The van der Waals surface area contributed by atoms with Gasteiger partial charge in [0.25, 0.3) is 0 Å². The second-order valence-corrected chi connectivity index (χ2v) is 4.64. The van der Waals surface area contributed by atoms with Crippen LogP contribution in [0.4, 0.5) is 0 Å². The molecule has 0 unspecified atom stereocenters. The smallest absolute Gasteiger partial charge is 0.231 e. The maximum atomic E-state index is 5.82. The Kier molecular flexibility index (Phi) is 5.19. The summed E-state index contributed by atoms with van der Waals surface area (Å²) < 4.78 is 16.3. The number of benzene rings is 1. The maximum Gasteiger partial charge on any atom is 0.231 e. The third-order valence-corrected chi connectivity index (χ3v) is 3.20. The van der Waals surface area contributed by atoms with E-state index in [1.54, 1.807) is 0 Å². The van der Waals surface area contributed by atoms with Crippen LogP contribution >= 0.6 is 23.2 Å². The summed E-state index contributed by atoms with van der Waals surface area (Å²) in [5.41, 5.74) is 2.28. The van der Waals surface area contributed by atoms with Crippen molar-refractivity contribution in [3.63, 3.8) is 0 Å². The highest BCUT2D eigenvalue weighted by atomic mass is 35.5. The van der Waals surface area contributed by atoms with E-state index in [2.05, 4.69) is 5.32 Å². The summed E-state index contributed by atoms with van der Waals surface area (Å²) in [6, 6.07) is 3.73. The molecule has 0 saturated heterocycles. The van der Waals surface area contributed by atoms with Gasteiger partial charge in [-0.2, -0.15) is 0 Å². The highest BCUT2D eigenvalue weighted by Gasteiger charge is 2.18. The van der Waals surface area contributed by atoms with Crippen LogP contribution in [0.1, 0.15) is 12.5 Å². The zero-order valence-electron chi connectivity index (χ0n) is 10.5. The second-order valence-electron chi connectivity index (χ2n) is 3.94. The predicted octanol–water partition coefficient (Wildman–Crippen LogP) is 3.22. The molecular formula is C13H15Cl2NO3. The van der Waals surface area contributed by atoms with Crippen molar-refractivity contribution >= 4 is 23.2 Å². The lowest BCUT2D eigenvalue weighted by Crippen LogP contribution is -2.13. The van der Waals surface area contributed by atoms with Crippen molar-refractivity contribution in [1.82, 2.24) is 5.32 Å². The minimum absolute atomic E-state index is 0.226. The molecule has 0 spiro atoms. The van der Waals surface area contributed by atoms with Crippen molar-refractivity contribution < 1.29 is 14.2 Å². The van der Waals surface area contributed by atoms with Gasteiger partial charge in [-0.3, -0.25) is 0 Å². The summed E-state index contributed by atoms with van der Waals surface area (Å²) in [6.45, 7) is 4.06. The first-order chi connectivity index (χ1) is 9.24. The fourth-order valence-electron chi connectivity index (χ4n) is 1.68. The first-order valence-corrected chi connectivity index (χ1v) is 6.76. The minimum Gasteiger partial charge on any atom is -0.487 e. The number of nitrogens with one attached hydrogen (secondary N) is 1.